The van der Waals surface area contributed by atoms with E-state index in [0.29, 0.717) is 18.2 Å². The van der Waals surface area contributed by atoms with Crippen LogP contribution in [0, 0.1) is 5.82 Å². The number of rotatable bonds is 8. The van der Waals surface area contributed by atoms with E-state index < -0.39 is 5.82 Å². The Hall–Kier alpha value is -3.55. The number of halogens is 1. The van der Waals surface area contributed by atoms with Crippen molar-refractivity contribution in [2.24, 2.45) is 0 Å². The summed E-state index contributed by atoms with van der Waals surface area (Å²) in [5.41, 5.74) is 1.78. The summed E-state index contributed by atoms with van der Waals surface area (Å²) in [5.74, 6) is -0.204. The Bertz CT molecular complexity index is 1040. The van der Waals surface area contributed by atoms with E-state index in [2.05, 4.69) is 20.8 Å². The minimum absolute atomic E-state index is 0.0172. The van der Waals surface area contributed by atoms with Gasteiger partial charge in [0.15, 0.2) is 0 Å². The lowest BCUT2D eigenvalue weighted by Gasteiger charge is -2.06. The number of hydrogen-bond acceptors (Lipinski definition) is 5. The Labute approximate surface area is 172 Å². The number of benzene rings is 2. The predicted octanol–water partition coefficient (Wildman–Crippen LogP) is 3.27. The second-order valence-electron chi connectivity index (χ2n) is 7.26. The fraction of sp³-hybridized carbons (Fsp3) is 0.273. The number of carbonyl (C=O) groups excluding carboxylic acids is 2. The number of nitrogens with one attached hydrogen (secondary N) is 2. The number of nitrogens with zero attached hydrogens (tertiary/aromatic N) is 2. The fourth-order valence-electron chi connectivity index (χ4n) is 2.95. The van der Waals surface area contributed by atoms with E-state index >= 15 is 0 Å². The third kappa shape index (κ3) is 5.28. The first-order valence-corrected chi connectivity index (χ1v) is 9.82. The van der Waals surface area contributed by atoms with Crippen LogP contribution in [0.25, 0.3) is 11.4 Å². The van der Waals surface area contributed by atoms with Crippen molar-refractivity contribution in [2.45, 2.75) is 38.1 Å². The van der Waals surface area contributed by atoms with Crippen LogP contribution in [0.4, 0.5) is 10.1 Å². The summed E-state index contributed by atoms with van der Waals surface area (Å²) in [6.07, 6.45) is 2.83. The number of aryl methyl sites for hydroxylation is 1. The van der Waals surface area contributed by atoms with Crippen molar-refractivity contribution in [2.75, 3.05) is 5.32 Å². The van der Waals surface area contributed by atoms with Crippen LogP contribution in [-0.2, 0) is 22.4 Å². The van der Waals surface area contributed by atoms with Crippen molar-refractivity contribution in [1.82, 2.24) is 15.5 Å². The summed E-state index contributed by atoms with van der Waals surface area (Å²) in [5, 5.41) is 9.51. The van der Waals surface area contributed by atoms with Gasteiger partial charge in [-0.1, -0.05) is 29.4 Å². The minimum Gasteiger partial charge on any atom is -0.353 e. The molecule has 0 radical (unpaired) electrons. The monoisotopic (exact) mass is 408 g/mol. The van der Waals surface area contributed by atoms with Crippen LogP contribution in [0.2, 0.25) is 0 Å². The molecule has 1 heterocycles. The zero-order chi connectivity index (χ0) is 20.9. The van der Waals surface area contributed by atoms with Crippen LogP contribution >= 0.6 is 0 Å². The van der Waals surface area contributed by atoms with Crippen molar-refractivity contribution >= 4 is 17.5 Å². The molecule has 2 aromatic carbocycles. The van der Waals surface area contributed by atoms with Crippen molar-refractivity contribution in [3.8, 4) is 11.4 Å². The van der Waals surface area contributed by atoms with Gasteiger partial charge in [0.05, 0.1) is 12.0 Å². The molecule has 7 nitrogen and oxygen atoms in total. The largest absolute Gasteiger partial charge is 0.353 e. The highest BCUT2D eigenvalue weighted by Gasteiger charge is 2.23. The SMILES string of the molecule is O=C(CCc1nc(-c2ccccc2F)no1)Nc1ccc(CC(=O)NC2CC2)cc1. The molecule has 0 bridgehead atoms. The third-order valence-electron chi connectivity index (χ3n) is 4.69. The van der Waals surface area contributed by atoms with Crippen LogP contribution in [0.3, 0.4) is 0 Å². The molecule has 0 spiro atoms. The number of hydrogen-bond donors (Lipinski definition) is 2. The number of carbonyl (C=O) groups is 2. The standard InChI is InChI=1S/C22H21FN4O3/c23-18-4-2-1-3-17(18)22-26-21(30-27-22)12-11-19(28)24-15-7-5-14(6-8-15)13-20(29)25-16-9-10-16/h1-8,16H,9-13H2,(H,24,28)(H,25,29). The normalized spacial score (nSPS) is 13.1. The third-order valence-corrected chi connectivity index (χ3v) is 4.69. The molecule has 4 rings (SSSR count). The number of aromatic nitrogens is 2. The molecule has 1 aliphatic rings. The molecular formula is C22H21FN4O3. The molecule has 0 unspecified atom stereocenters. The average molecular weight is 408 g/mol. The van der Waals surface area contributed by atoms with Crippen LogP contribution in [0.5, 0.6) is 0 Å². The summed E-state index contributed by atoms with van der Waals surface area (Å²) in [4.78, 5) is 28.2. The van der Waals surface area contributed by atoms with Gasteiger partial charge < -0.3 is 15.2 Å². The zero-order valence-electron chi connectivity index (χ0n) is 16.2. The highest BCUT2D eigenvalue weighted by molar-refractivity contribution is 5.90. The Morgan fingerprint density at radius 1 is 1.07 bits per heavy atom. The van der Waals surface area contributed by atoms with E-state index in [1.165, 1.54) is 6.07 Å². The van der Waals surface area contributed by atoms with Crippen LogP contribution in [-0.4, -0.2) is 28.0 Å². The molecule has 154 valence electrons. The Kier molecular flexibility index (Phi) is 5.83. The second-order valence-corrected chi connectivity index (χ2v) is 7.26. The van der Waals surface area contributed by atoms with Gasteiger partial charge in [0.2, 0.25) is 23.5 Å². The Morgan fingerprint density at radius 2 is 1.83 bits per heavy atom. The quantitative estimate of drug-likeness (QED) is 0.596. The lowest BCUT2D eigenvalue weighted by Crippen LogP contribution is -2.26. The molecule has 2 amide bonds. The van der Waals surface area contributed by atoms with Crippen molar-refractivity contribution in [3.63, 3.8) is 0 Å². The van der Waals surface area contributed by atoms with Gasteiger partial charge in [0.1, 0.15) is 5.82 Å². The zero-order valence-corrected chi connectivity index (χ0v) is 16.2. The number of amides is 2. The van der Waals surface area contributed by atoms with Crippen LogP contribution in [0.1, 0.15) is 30.7 Å². The first kappa shape index (κ1) is 19.8. The van der Waals surface area contributed by atoms with Crippen molar-refractivity contribution in [3.05, 3.63) is 65.8 Å². The molecule has 8 heteroatoms. The summed E-state index contributed by atoms with van der Waals surface area (Å²) in [6.45, 7) is 0. The van der Waals surface area contributed by atoms with Gasteiger partial charge in [-0.05, 0) is 42.7 Å². The summed E-state index contributed by atoms with van der Waals surface area (Å²) in [7, 11) is 0. The molecule has 3 aromatic rings. The van der Waals surface area contributed by atoms with Crippen molar-refractivity contribution < 1.29 is 18.5 Å². The highest BCUT2D eigenvalue weighted by atomic mass is 19.1. The van der Waals surface area contributed by atoms with Crippen LogP contribution < -0.4 is 10.6 Å². The smallest absolute Gasteiger partial charge is 0.227 e. The first-order chi connectivity index (χ1) is 14.6. The van der Waals surface area contributed by atoms with Gasteiger partial charge in [0, 0.05) is 24.6 Å². The predicted molar refractivity (Wildman–Crippen MR) is 108 cm³/mol. The second kappa shape index (κ2) is 8.86. The maximum Gasteiger partial charge on any atom is 0.227 e. The molecular weight excluding hydrogens is 387 g/mol. The van der Waals surface area contributed by atoms with E-state index in [-0.39, 0.29) is 41.9 Å². The van der Waals surface area contributed by atoms with E-state index in [9.17, 15) is 14.0 Å². The van der Waals surface area contributed by atoms with Gasteiger partial charge in [-0.2, -0.15) is 4.98 Å². The summed E-state index contributed by atoms with van der Waals surface area (Å²) >= 11 is 0. The first-order valence-electron chi connectivity index (χ1n) is 9.82. The molecule has 0 saturated heterocycles. The molecule has 1 fully saturated rings. The van der Waals surface area contributed by atoms with Gasteiger partial charge in [0.25, 0.3) is 0 Å². The summed E-state index contributed by atoms with van der Waals surface area (Å²) < 4.78 is 18.9. The van der Waals surface area contributed by atoms with E-state index in [1.54, 1.807) is 30.3 Å². The average Bonchev–Trinajstić information content (AvgIpc) is 3.41. The summed E-state index contributed by atoms with van der Waals surface area (Å²) in [6, 6.07) is 13.7. The molecule has 30 heavy (non-hydrogen) atoms. The van der Waals surface area contributed by atoms with Gasteiger partial charge >= 0.3 is 0 Å². The molecule has 1 aromatic heterocycles. The van der Waals surface area contributed by atoms with Gasteiger partial charge in [-0.3, -0.25) is 9.59 Å². The van der Waals surface area contributed by atoms with Crippen LogP contribution in [0.15, 0.2) is 53.1 Å². The van der Waals surface area contributed by atoms with Gasteiger partial charge in [-0.15, -0.1) is 0 Å². The molecule has 0 aliphatic heterocycles. The van der Waals surface area contributed by atoms with E-state index in [0.717, 1.165) is 18.4 Å². The lowest BCUT2D eigenvalue weighted by molar-refractivity contribution is -0.120. The Balaban J connectivity index is 1.26. The maximum absolute atomic E-state index is 13.8. The highest BCUT2D eigenvalue weighted by Crippen LogP contribution is 2.20. The molecule has 2 N–H and O–H groups in total. The molecule has 1 aliphatic carbocycles. The van der Waals surface area contributed by atoms with Crippen molar-refractivity contribution in [1.29, 1.82) is 0 Å². The topological polar surface area (TPSA) is 97.1 Å². The Morgan fingerprint density at radius 3 is 2.57 bits per heavy atom. The number of anilines is 1. The maximum atomic E-state index is 13.8. The van der Waals surface area contributed by atoms with Gasteiger partial charge in [-0.25, -0.2) is 4.39 Å². The minimum atomic E-state index is -0.434. The molecule has 1 saturated carbocycles. The van der Waals surface area contributed by atoms with E-state index in [1.807, 2.05) is 12.1 Å². The molecule has 0 atom stereocenters. The lowest BCUT2D eigenvalue weighted by atomic mass is 10.1. The van der Waals surface area contributed by atoms with E-state index in [4.69, 9.17) is 4.52 Å². The fourth-order valence-corrected chi connectivity index (χ4v) is 2.95.